The summed E-state index contributed by atoms with van der Waals surface area (Å²) in [7, 11) is 1.65. The second kappa shape index (κ2) is 17.7. The zero-order valence-corrected chi connectivity index (χ0v) is 33.2. The molecule has 9 rings (SSSR count). The number of ether oxygens (including phenoxy) is 3. The molecule has 0 bridgehead atoms. The van der Waals surface area contributed by atoms with Crippen molar-refractivity contribution in [1.29, 1.82) is 0 Å². The van der Waals surface area contributed by atoms with Crippen molar-refractivity contribution in [2.45, 2.75) is 13.2 Å². The molecule has 61 heavy (non-hydrogen) atoms. The van der Waals surface area contributed by atoms with Crippen molar-refractivity contribution in [2.24, 2.45) is 0 Å². The van der Waals surface area contributed by atoms with Gasteiger partial charge in [0.1, 0.15) is 30.5 Å². The Balaban J connectivity index is 1.02. The summed E-state index contributed by atoms with van der Waals surface area (Å²) in [6.07, 6.45) is 1.75. The zero-order chi connectivity index (χ0) is 41.4. The predicted molar refractivity (Wildman–Crippen MR) is 238 cm³/mol. The van der Waals surface area contributed by atoms with Gasteiger partial charge in [0.25, 0.3) is 5.91 Å². The number of hydrogen-bond donors (Lipinski definition) is 3. The zero-order valence-electron chi connectivity index (χ0n) is 33.2. The fraction of sp³-hybridized carbons (Fsp3) is 0.0588. The van der Waals surface area contributed by atoms with E-state index in [0.717, 1.165) is 61.8 Å². The van der Waals surface area contributed by atoms with Gasteiger partial charge in [-0.25, -0.2) is 0 Å². The average Bonchev–Trinajstić information content (AvgIpc) is 4.03. The molecule has 0 spiro atoms. The Morgan fingerprint density at radius 2 is 1.21 bits per heavy atom. The minimum atomic E-state index is -0.232. The van der Waals surface area contributed by atoms with Crippen molar-refractivity contribution >= 4 is 11.6 Å². The molecule has 0 atom stereocenters. The molecule has 3 aromatic heterocycles. The van der Waals surface area contributed by atoms with E-state index in [1.807, 2.05) is 164 Å². The first-order valence-corrected chi connectivity index (χ1v) is 19.8. The third-order valence-electron chi connectivity index (χ3n) is 10.2. The number of anilines is 1. The Bertz CT molecular complexity index is 2910. The topological polar surface area (TPSA) is 127 Å². The van der Waals surface area contributed by atoms with Crippen LogP contribution in [-0.4, -0.2) is 38.4 Å². The van der Waals surface area contributed by atoms with Crippen LogP contribution >= 0.6 is 0 Å². The monoisotopic (exact) mass is 800 g/mol. The summed E-state index contributed by atoms with van der Waals surface area (Å²) in [5.74, 6) is 1.77. The van der Waals surface area contributed by atoms with Crippen LogP contribution in [0.5, 0.6) is 17.2 Å². The number of carbonyl (C=O) groups excluding carboxylic acids is 1. The molecule has 0 saturated heterocycles. The first-order valence-electron chi connectivity index (χ1n) is 19.8. The third-order valence-corrected chi connectivity index (χ3v) is 10.2. The molecule has 0 radical (unpaired) electrons. The van der Waals surface area contributed by atoms with Gasteiger partial charge in [-0.3, -0.25) is 20.0 Å². The van der Waals surface area contributed by atoms with Crippen LogP contribution in [0.1, 0.15) is 21.6 Å². The van der Waals surface area contributed by atoms with Gasteiger partial charge in [-0.1, -0.05) is 103 Å². The van der Waals surface area contributed by atoms with Gasteiger partial charge in [-0.05, 0) is 77.9 Å². The summed E-state index contributed by atoms with van der Waals surface area (Å²) < 4.78 is 18.4. The Hall–Kier alpha value is -8.24. The van der Waals surface area contributed by atoms with Crippen molar-refractivity contribution in [1.82, 2.24) is 25.4 Å². The maximum absolute atomic E-state index is 13.6. The third kappa shape index (κ3) is 8.79. The van der Waals surface area contributed by atoms with E-state index in [2.05, 4.69) is 30.7 Å². The summed E-state index contributed by atoms with van der Waals surface area (Å²) in [6, 6.07) is 56.6. The molecule has 0 aliphatic rings. The normalized spacial score (nSPS) is 10.9. The van der Waals surface area contributed by atoms with E-state index in [0.29, 0.717) is 40.7 Å². The molecule has 3 N–H and O–H groups in total. The van der Waals surface area contributed by atoms with Gasteiger partial charge < -0.3 is 19.5 Å². The van der Waals surface area contributed by atoms with Gasteiger partial charge in [-0.15, -0.1) is 0 Å². The van der Waals surface area contributed by atoms with E-state index in [1.54, 1.807) is 25.4 Å². The Kier molecular flexibility index (Phi) is 11.1. The van der Waals surface area contributed by atoms with E-state index in [9.17, 15) is 4.79 Å². The Morgan fingerprint density at radius 1 is 0.557 bits per heavy atom. The summed E-state index contributed by atoms with van der Waals surface area (Å²) in [4.78, 5) is 18.3. The van der Waals surface area contributed by atoms with Crippen molar-refractivity contribution in [2.75, 3.05) is 12.4 Å². The number of carbonyl (C=O) groups is 1. The number of benzene rings is 6. The van der Waals surface area contributed by atoms with Gasteiger partial charge >= 0.3 is 0 Å². The summed E-state index contributed by atoms with van der Waals surface area (Å²) >= 11 is 0. The fourth-order valence-corrected chi connectivity index (χ4v) is 7.09. The molecule has 10 heteroatoms. The number of H-pyrrole nitrogens is 2. The van der Waals surface area contributed by atoms with Crippen molar-refractivity contribution in [3.8, 4) is 73.4 Å². The van der Waals surface area contributed by atoms with Crippen LogP contribution < -0.4 is 19.5 Å². The highest BCUT2D eigenvalue weighted by Gasteiger charge is 2.17. The molecule has 298 valence electrons. The van der Waals surface area contributed by atoms with Gasteiger partial charge in [0, 0.05) is 51.3 Å². The van der Waals surface area contributed by atoms with E-state index in [4.69, 9.17) is 14.2 Å². The SMILES string of the molecule is COc1ccccc1-c1cc(-c2ccc(-c3ccnc(COc4cc(OCc5ccccc5)ccc4-c4cc(-c5ccccc5)n[nH]4)c3)c(NC(=O)c3ccccc3)c2)n[nH]1. The second-order valence-corrected chi connectivity index (χ2v) is 14.2. The molecule has 10 nitrogen and oxygen atoms in total. The van der Waals surface area contributed by atoms with Gasteiger partial charge in [0.05, 0.1) is 35.6 Å². The number of aromatic nitrogens is 5. The van der Waals surface area contributed by atoms with Crippen LogP contribution in [-0.2, 0) is 13.2 Å². The van der Waals surface area contributed by atoms with Crippen molar-refractivity contribution < 1.29 is 19.0 Å². The molecule has 6 aromatic carbocycles. The number of hydrogen-bond acceptors (Lipinski definition) is 7. The van der Waals surface area contributed by atoms with Gasteiger partial charge in [0.15, 0.2) is 0 Å². The highest BCUT2D eigenvalue weighted by atomic mass is 16.5. The lowest BCUT2D eigenvalue weighted by atomic mass is 9.99. The molecule has 0 fully saturated rings. The van der Waals surface area contributed by atoms with Gasteiger partial charge in [-0.2, -0.15) is 10.2 Å². The summed E-state index contributed by atoms with van der Waals surface area (Å²) in [5.41, 5.74) is 11.3. The molecule has 0 aliphatic heterocycles. The Labute approximate surface area is 352 Å². The quantitative estimate of drug-likeness (QED) is 0.0999. The number of nitrogens with one attached hydrogen (secondary N) is 3. The molecular weight excluding hydrogens is 761 g/mol. The van der Waals surface area contributed by atoms with Crippen LogP contribution in [0.2, 0.25) is 0 Å². The van der Waals surface area contributed by atoms with Crippen molar-refractivity contribution in [3.63, 3.8) is 0 Å². The highest BCUT2D eigenvalue weighted by Crippen LogP contribution is 2.37. The van der Waals surface area contributed by atoms with Crippen LogP contribution in [0.4, 0.5) is 5.69 Å². The molecular formula is C51H40N6O4. The highest BCUT2D eigenvalue weighted by molar-refractivity contribution is 6.06. The number of aromatic amines is 2. The van der Waals surface area contributed by atoms with Gasteiger partial charge in [0.2, 0.25) is 0 Å². The standard InChI is InChI=1S/C51H40N6O4/c1-59-49-20-12-11-19-42(49)47-31-45(55-56-47)38-21-23-41(46(28-38)53-51(58)36-17-9-4-10-18-36)37-25-26-52-39(27-37)33-61-50-29-40(60-32-34-13-5-2-6-14-34)22-24-43(50)48-30-44(54-57-48)35-15-7-3-8-16-35/h2-31H,32-33H2,1H3,(H,53,58)(H,54,57)(H,55,56). The van der Waals surface area contributed by atoms with Crippen LogP contribution in [0.15, 0.2) is 182 Å². The minimum absolute atomic E-state index is 0.158. The van der Waals surface area contributed by atoms with E-state index in [-0.39, 0.29) is 12.5 Å². The number of rotatable bonds is 14. The maximum Gasteiger partial charge on any atom is 0.255 e. The van der Waals surface area contributed by atoms with Crippen LogP contribution in [0.25, 0.3) is 56.2 Å². The first kappa shape index (κ1) is 38.3. The molecule has 1 amide bonds. The molecule has 0 aliphatic carbocycles. The number of pyridine rings is 1. The minimum Gasteiger partial charge on any atom is -0.496 e. The molecule has 3 heterocycles. The lowest BCUT2D eigenvalue weighted by molar-refractivity contribution is 0.102. The fourth-order valence-electron chi connectivity index (χ4n) is 7.09. The number of methoxy groups -OCH3 is 1. The summed E-state index contributed by atoms with van der Waals surface area (Å²) in [6.45, 7) is 0.571. The number of amides is 1. The lowest BCUT2D eigenvalue weighted by Gasteiger charge is -2.15. The van der Waals surface area contributed by atoms with Crippen LogP contribution in [0.3, 0.4) is 0 Å². The van der Waals surface area contributed by atoms with E-state index >= 15 is 0 Å². The number of para-hydroxylation sites is 1. The largest absolute Gasteiger partial charge is 0.496 e. The second-order valence-electron chi connectivity index (χ2n) is 14.2. The van der Waals surface area contributed by atoms with Crippen molar-refractivity contribution in [3.05, 3.63) is 199 Å². The molecule has 0 saturated carbocycles. The smallest absolute Gasteiger partial charge is 0.255 e. The lowest BCUT2D eigenvalue weighted by Crippen LogP contribution is -2.12. The molecule has 9 aromatic rings. The van der Waals surface area contributed by atoms with E-state index in [1.165, 1.54) is 0 Å². The number of nitrogens with zero attached hydrogens (tertiary/aromatic N) is 3. The summed E-state index contributed by atoms with van der Waals surface area (Å²) in [5, 5.41) is 18.7. The molecule has 0 unspecified atom stereocenters. The van der Waals surface area contributed by atoms with Crippen LogP contribution in [0, 0.1) is 0 Å². The van der Waals surface area contributed by atoms with E-state index < -0.39 is 0 Å². The first-order chi connectivity index (χ1) is 30.1. The maximum atomic E-state index is 13.6. The predicted octanol–water partition coefficient (Wildman–Crippen LogP) is 11.3. The average molecular weight is 801 g/mol. The Morgan fingerprint density at radius 3 is 1.97 bits per heavy atom.